The van der Waals surface area contributed by atoms with Crippen LogP contribution in [0.5, 0.6) is 0 Å². The standard InChI is InChI=1S/C16H29N3O3S/c1-11(2)9-18-14(5)16(13(4)17-18)23(21,22)19-8-6-7-12(3)15(19)10-20/h11-12,15,20H,6-10H2,1-5H3. The van der Waals surface area contributed by atoms with Gasteiger partial charge in [0.1, 0.15) is 4.90 Å². The summed E-state index contributed by atoms with van der Waals surface area (Å²) < 4.78 is 29.7. The van der Waals surface area contributed by atoms with Gasteiger partial charge < -0.3 is 5.11 Å². The van der Waals surface area contributed by atoms with Gasteiger partial charge in [0.2, 0.25) is 10.0 Å². The Morgan fingerprint density at radius 1 is 1.35 bits per heavy atom. The Labute approximate surface area is 139 Å². The molecule has 6 nitrogen and oxygen atoms in total. The van der Waals surface area contributed by atoms with Crippen molar-refractivity contribution in [2.24, 2.45) is 11.8 Å². The van der Waals surface area contributed by atoms with E-state index in [1.165, 1.54) is 4.31 Å². The van der Waals surface area contributed by atoms with E-state index in [1.54, 1.807) is 11.6 Å². The summed E-state index contributed by atoms with van der Waals surface area (Å²) in [4.78, 5) is 0.311. The third-order valence-corrected chi connectivity index (χ3v) is 6.85. The smallest absolute Gasteiger partial charge is 0.247 e. The lowest BCUT2D eigenvalue weighted by Crippen LogP contribution is -2.49. The topological polar surface area (TPSA) is 75.4 Å². The molecule has 1 aliphatic heterocycles. The molecule has 1 aromatic rings. The molecule has 2 unspecified atom stereocenters. The van der Waals surface area contributed by atoms with Crippen LogP contribution in [-0.2, 0) is 16.6 Å². The summed E-state index contributed by atoms with van der Waals surface area (Å²) in [5.41, 5.74) is 1.23. The van der Waals surface area contributed by atoms with Gasteiger partial charge in [-0.05, 0) is 38.5 Å². The van der Waals surface area contributed by atoms with Crippen LogP contribution in [0.4, 0.5) is 0 Å². The molecule has 0 aromatic carbocycles. The van der Waals surface area contributed by atoms with Crippen molar-refractivity contribution in [3.05, 3.63) is 11.4 Å². The van der Waals surface area contributed by atoms with E-state index in [-0.39, 0.29) is 18.6 Å². The first-order valence-corrected chi connectivity index (χ1v) is 9.80. The molecule has 2 heterocycles. The molecule has 23 heavy (non-hydrogen) atoms. The van der Waals surface area contributed by atoms with Gasteiger partial charge in [0.15, 0.2) is 0 Å². The normalized spacial score (nSPS) is 23.6. The third-order valence-electron chi connectivity index (χ3n) is 4.67. The van der Waals surface area contributed by atoms with Crippen LogP contribution in [0, 0.1) is 25.7 Å². The average molecular weight is 343 g/mol. The van der Waals surface area contributed by atoms with Gasteiger partial charge in [-0.3, -0.25) is 4.68 Å². The molecule has 0 radical (unpaired) electrons. The first-order valence-electron chi connectivity index (χ1n) is 8.36. The minimum atomic E-state index is -3.64. The van der Waals surface area contributed by atoms with Crippen molar-refractivity contribution in [1.29, 1.82) is 0 Å². The minimum Gasteiger partial charge on any atom is -0.395 e. The lowest BCUT2D eigenvalue weighted by atomic mass is 9.93. The van der Waals surface area contributed by atoms with E-state index in [4.69, 9.17) is 0 Å². The predicted molar refractivity (Wildman–Crippen MR) is 89.7 cm³/mol. The molecular formula is C16H29N3O3S. The first kappa shape index (κ1) is 18.4. The van der Waals surface area contributed by atoms with E-state index in [0.29, 0.717) is 35.3 Å². The first-order chi connectivity index (χ1) is 10.7. The molecule has 132 valence electrons. The zero-order valence-electron chi connectivity index (χ0n) is 14.8. The van der Waals surface area contributed by atoms with Gasteiger partial charge in [-0.1, -0.05) is 20.8 Å². The maximum atomic E-state index is 13.2. The van der Waals surface area contributed by atoms with Crippen molar-refractivity contribution in [3.8, 4) is 0 Å². The van der Waals surface area contributed by atoms with Gasteiger partial charge in [-0.2, -0.15) is 9.40 Å². The highest BCUT2D eigenvalue weighted by Gasteiger charge is 2.39. The molecule has 1 aromatic heterocycles. The number of hydrogen-bond donors (Lipinski definition) is 1. The molecule has 0 aliphatic carbocycles. The zero-order valence-corrected chi connectivity index (χ0v) is 15.6. The van der Waals surface area contributed by atoms with E-state index in [1.807, 2.05) is 13.8 Å². The van der Waals surface area contributed by atoms with Crippen molar-refractivity contribution in [2.75, 3.05) is 13.2 Å². The van der Waals surface area contributed by atoms with Gasteiger partial charge in [-0.25, -0.2) is 8.42 Å². The van der Waals surface area contributed by atoms with E-state index >= 15 is 0 Å². The third kappa shape index (κ3) is 3.46. The largest absolute Gasteiger partial charge is 0.395 e. The molecule has 1 N–H and O–H groups in total. The molecule has 0 bridgehead atoms. The Morgan fingerprint density at radius 3 is 2.57 bits per heavy atom. The number of aliphatic hydroxyl groups is 1. The second-order valence-electron chi connectivity index (χ2n) is 7.06. The monoisotopic (exact) mass is 343 g/mol. The molecule has 1 saturated heterocycles. The summed E-state index contributed by atoms with van der Waals surface area (Å²) in [7, 11) is -3.64. The van der Waals surface area contributed by atoms with Crippen molar-refractivity contribution in [3.63, 3.8) is 0 Å². The molecule has 1 fully saturated rings. The summed E-state index contributed by atoms with van der Waals surface area (Å²) in [5, 5.41) is 14.1. The van der Waals surface area contributed by atoms with E-state index in [9.17, 15) is 13.5 Å². The number of sulfonamides is 1. The van der Waals surface area contributed by atoms with E-state index in [2.05, 4.69) is 18.9 Å². The minimum absolute atomic E-state index is 0.140. The number of piperidine rings is 1. The zero-order chi connectivity index (χ0) is 17.4. The number of aliphatic hydroxyl groups excluding tert-OH is 1. The second kappa shape index (κ2) is 6.91. The van der Waals surface area contributed by atoms with Gasteiger partial charge in [0, 0.05) is 13.1 Å². The van der Waals surface area contributed by atoms with Gasteiger partial charge in [-0.15, -0.1) is 0 Å². The van der Waals surface area contributed by atoms with Crippen molar-refractivity contribution in [1.82, 2.24) is 14.1 Å². The van der Waals surface area contributed by atoms with Gasteiger partial charge >= 0.3 is 0 Å². The highest BCUT2D eigenvalue weighted by Crippen LogP contribution is 2.31. The Morgan fingerprint density at radius 2 is 2.00 bits per heavy atom. The molecule has 1 aliphatic rings. The number of aromatic nitrogens is 2. The highest BCUT2D eigenvalue weighted by atomic mass is 32.2. The fourth-order valence-electron chi connectivity index (χ4n) is 3.48. The fourth-order valence-corrected chi connectivity index (χ4v) is 5.60. The van der Waals surface area contributed by atoms with Crippen LogP contribution >= 0.6 is 0 Å². The lowest BCUT2D eigenvalue weighted by molar-refractivity contribution is 0.113. The van der Waals surface area contributed by atoms with Crippen molar-refractivity contribution < 1.29 is 13.5 Å². The Hall–Kier alpha value is -0.920. The molecule has 0 saturated carbocycles. The summed E-state index contributed by atoms with van der Waals surface area (Å²) in [6, 6.07) is -0.346. The van der Waals surface area contributed by atoms with E-state index in [0.717, 1.165) is 12.8 Å². The number of nitrogens with zero attached hydrogens (tertiary/aromatic N) is 3. The second-order valence-corrected chi connectivity index (χ2v) is 8.89. The van der Waals surface area contributed by atoms with Crippen LogP contribution in [0.2, 0.25) is 0 Å². The van der Waals surface area contributed by atoms with Crippen molar-refractivity contribution in [2.45, 2.75) is 64.9 Å². The summed E-state index contributed by atoms with van der Waals surface area (Å²) in [6.07, 6.45) is 1.77. The number of aryl methyl sites for hydroxylation is 1. The van der Waals surface area contributed by atoms with Gasteiger partial charge in [0.25, 0.3) is 0 Å². The SMILES string of the molecule is Cc1nn(CC(C)C)c(C)c1S(=O)(=O)N1CCCC(C)C1CO. The molecule has 0 amide bonds. The van der Waals surface area contributed by atoms with Crippen LogP contribution in [0.25, 0.3) is 0 Å². The summed E-state index contributed by atoms with van der Waals surface area (Å²) in [5.74, 6) is 0.554. The lowest BCUT2D eigenvalue weighted by Gasteiger charge is -2.37. The molecule has 7 heteroatoms. The Kier molecular flexibility index (Phi) is 5.53. The van der Waals surface area contributed by atoms with Gasteiger partial charge in [0.05, 0.1) is 24.0 Å². The van der Waals surface area contributed by atoms with Crippen LogP contribution in [0.1, 0.15) is 45.0 Å². The molecule has 2 atom stereocenters. The van der Waals surface area contributed by atoms with Crippen LogP contribution in [0.3, 0.4) is 0 Å². The number of rotatable bonds is 5. The predicted octanol–water partition coefficient (Wildman–Crippen LogP) is 1.94. The fraction of sp³-hybridized carbons (Fsp3) is 0.812. The van der Waals surface area contributed by atoms with Crippen LogP contribution in [0.15, 0.2) is 4.90 Å². The molecule has 2 rings (SSSR count). The quantitative estimate of drug-likeness (QED) is 0.886. The molecule has 0 spiro atoms. The number of hydrogen-bond acceptors (Lipinski definition) is 4. The Bertz CT molecular complexity index is 652. The van der Waals surface area contributed by atoms with Crippen molar-refractivity contribution >= 4 is 10.0 Å². The molecular weight excluding hydrogens is 314 g/mol. The Balaban J connectivity index is 2.45. The maximum absolute atomic E-state index is 13.2. The summed E-state index contributed by atoms with van der Waals surface area (Å²) in [6.45, 7) is 10.8. The van der Waals surface area contributed by atoms with Crippen LogP contribution in [-0.4, -0.2) is 46.8 Å². The summed E-state index contributed by atoms with van der Waals surface area (Å²) >= 11 is 0. The van der Waals surface area contributed by atoms with Crippen LogP contribution < -0.4 is 0 Å². The maximum Gasteiger partial charge on any atom is 0.247 e. The highest BCUT2D eigenvalue weighted by molar-refractivity contribution is 7.89. The average Bonchev–Trinajstić information content (AvgIpc) is 2.72. The van der Waals surface area contributed by atoms with E-state index < -0.39 is 10.0 Å².